The summed E-state index contributed by atoms with van der Waals surface area (Å²) in [5, 5.41) is 7.08. The summed E-state index contributed by atoms with van der Waals surface area (Å²) in [5.74, 6) is 1.05. The van der Waals surface area contributed by atoms with Gasteiger partial charge < -0.3 is 15.5 Å². The first-order valence-corrected chi connectivity index (χ1v) is 9.83. The van der Waals surface area contributed by atoms with Crippen LogP contribution in [0.5, 0.6) is 0 Å². The summed E-state index contributed by atoms with van der Waals surface area (Å²) in [6.45, 7) is 4.85. The van der Waals surface area contributed by atoms with E-state index in [1.165, 1.54) is 6.08 Å². The second-order valence-corrected chi connectivity index (χ2v) is 7.27. The molecule has 1 aromatic carbocycles. The average Bonchev–Trinajstić information content (AvgIpc) is 3.22. The number of carbonyl (C=O) groups excluding carboxylic acids is 1. The van der Waals surface area contributed by atoms with E-state index in [0.717, 1.165) is 17.7 Å². The molecule has 3 heterocycles. The van der Waals surface area contributed by atoms with Crippen molar-refractivity contribution in [2.45, 2.75) is 12.5 Å². The Kier molecular flexibility index (Phi) is 5.85. The zero-order chi connectivity index (χ0) is 20.9. The third-order valence-corrected chi connectivity index (χ3v) is 4.92. The molecule has 8 nitrogen and oxygen atoms in total. The summed E-state index contributed by atoms with van der Waals surface area (Å²) in [4.78, 5) is 31.1. The molecule has 0 spiro atoms. The van der Waals surface area contributed by atoms with Crippen molar-refractivity contribution in [2.75, 3.05) is 23.7 Å². The molecule has 1 fully saturated rings. The van der Waals surface area contributed by atoms with Crippen LogP contribution in [0.4, 0.5) is 17.5 Å². The second kappa shape index (κ2) is 8.87. The molecule has 0 saturated carbocycles. The van der Waals surface area contributed by atoms with E-state index in [-0.39, 0.29) is 11.9 Å². The fraction of sp³-hybridized carbons (Fsp3) is 0.190. The zero-order valence-corrected chi connectivity index (χ0v) is 16.9. The number of aromatic nitrogens is 4. The number of anilines is 3. The van der Waals surface area contributed by atoms with E-state index in [2.05, 4.69) is 37.1 Å². The predicted octanol–water partition coefficient (Wildman–Crippen LogP) is 3.53. The quantitative estimate of drug-likeness (QED) is 0.587. The smallest absolute Gasteiger partial charge is 0.246 e. The fourth-order valence-corrected chi connectivity index (χ4v) is 3.40. The molecule has 2 N–H and O–H groups in total. The maximum Gasteiger partial charge on any atom is 0.246 e. The van der Waals surface area contributed by atoms with Gasteiger partial charge in [0.05, 0.1) is 18.1 Å². The number of hydrogen-bond acceptors (Lipinski definition) is 7. The lowest BCUT2D eigenvalue weighted by molar-refractivity contribution is -0.125. The molecule has 1 saturated heterocycles. The van der Waals surface area contributed by atoms with Gasteiger partial charge in [-0.2, -0.15) is 0 Å². The SMILES string of the molecule is C=CC(=O)N1CC[C@H](Nc2cncc(-c3cnc(Nc4cccc(Cl)c4)nc3)n2)C1. The van der Waals surface area contributed by atoms with Gasteiger partial charge >= 0.3 is 0 Å². The molecule has 1 aliphatic rings. The number of nitrogens with zero attached hydrogens (tertiary/aromatic N) is 5. The Balaban J connectivity index is 1.42. The van der Waals surface area contributed by atoms with Crippen LogP contribution in [-0.2, 0) is 4.79 Å². The van der Waals surface area contributed by atoms with Gasteiger partial charge in [0.15, 0.2) is 0 Å². The minimum Gasteiger partial charge on any atom is -0.364 e. The lowest BCUT2D eigenvalue weighted by Crippen LogP contribution is -2.30. The van der Waals surface area contributed by atoms with Crippen LogP contribution in [0.2, 0.25) is 5.02 Å². The Bertz CT molecular complexity index is 1060. The molecule has 0 unspecified atom stereocenters. The molecule has 1 aliphatic heterocycles. The Morgan fingerprint density at radius 2 is 2.07 bits per heavy atom. The molecular formula is C21H20ClN7O. The largest absolute Gasteiger partial charge is 0.364 e. The van der Waals surface area contributed by atoms with E-state index in [1.807, 2.05) is 12.1 Å². The number of rotatable bonds is 6. The van der Waals surface area contributed by atoms with E-state index < -0.39 is 0 Å². The first-order valence-electron chi connectivity index (χ1n) is 9.45. The van der Waals surface area contributed by atoms with Crippen LogP contribution < -0.4 is 10.6 Å². The maximum atomic E-state index is 11.7. The van der Waals surface area contributed by atoms with Crippen LogP contribution in [-0.4, -0.2) is 49.9 Å². The van der Waals surface area contributed by atoms with Gasteiger partial charge in [0.2, 0.25) is 11.9 Å². The fourth-order valence-electron chi connectivity index (χ4n) is 3.21. The predicted molar refractivity (Wildman–Crippen MR) is 117 cm³/mol. The molecule has 30 heavy (non-hydrogen) atoms. The van der Waals surface area contributed by atoms with Gasteiger partial charge in [0.1, 0.15) is 5.82 Å². The highest BCUT2D eigenvalue weighted by atomic mass is 35.5. The molecule has 152 valence electrons. The van der Waals surface area contributed by atoms with E-state index in [0.29, 0.717) is 35.6 Å². The van der Waals surface area contributed by atoms with Crippen LogP contribution in [0.1, 0.15) is 6.42 Å². The van der Waals surface area contributed by atoms with Crippen molar-refractivity contribution in [3.05, 3.63) is 66.7 Å². The topological polar surface area (TPSA) is 95.9 Å². The normalized spacial score (nSPS) is 15.6. The van der Waals surface area contributed by atoms with Gasteiger partial charge in [0.25, 0.3) is 0 Å². The summed E-state index contributed by atoms with van der Waals surface area (Å²) < 4.78 is 0. The highest BCUT2D eigenvalue weighted by molar-refractivity contribution is 6.30. The molecule has 0 radical (unpaired) electrons. The van der Waals surface area contributed by atoms with Gasteiger partial charge in [-0.15, -0.1) is 0 Å². The van der Waals surface area contributed by atoms with E-state index >= 15 is 0 Å². The van der Waals surface area contributed by atoms with Crippen molar-refractivity contribution in [1.82, 2.24) is 24.8 Å². The van der Waals surface area contributed by atoms with Crippen molar-refractivity contribution in [2.24, 2.45) is 0 Å². The molecule has 0 aliphatic carbocycles. The van der Waals surface area contributed by atoms with Crippen LogP contribution in [0.25, 0.3) is 11.3 Å². The van der Waals surface area contributed by atoms with Crippen LogP contribution >= 0.6 is 11.6 Å². The first kappa shape index (κ1) is 19.8. The summed E-state index contributed by atoms with van der Waals surface area (Å²) in [6, 6.07) is 7.46. The third-order valence-electron chi connectivity index (χ3n) is 4.69. The highest BCUT2D eigenvalue weighted by Crippen LogP contribution is 2.21. The second-order valence-electron chi connectivity index (χ2n) is 6.84. The Hall–Kier alpha value is -3.52. The Morgan fingerprint density at radius 1 is 1.23 bits per heavy atom. The standard InChI is InChI=1S/C21H20ClN7O/c1-2-20(30)29-7-6-17(13-29)26-19-12-23-11-18(28-19)14-9-24-21(25-10-14)27-16-5-3-4-15(22)8-16/h2-5,8-12,17H,1,6-7,13H2,(H,26,28)(H,24,25,27)/t17-/m0/s1. The average molecular weight is 422 g/mol. The molecule has 4 rings (SSSR count). The number of halogens is 1. The van der Waals surface area contributed by atoms with Crippen molar-refractivity contribution in [1.29, 1.82) is 0 Å². The van der Waals surface area contributed by atoms with E-state index in [4.69, 9.17) is 11.6 Å². The van der Waals surface area contributed by atoms with Crippen molar-refractivity contribution in [3.8, 4) is 11.3 Å². The number of benzene rings is 1. The van der Waals surface area contributed by atoms with Gasteiger partial charge in [0, 0.05) is 47.8 Å². The monoisotopic (exact) mass is 421 g/mol. The first-order chi connectivity index (χ1) is 14.6. The lowest BCUT2D eigenvalue weighted by Gasteiger charge is -2.15. The Morgan fingerprint density at radius 3 is 2.83 bits per heavy atom. The van der Waals surface area contributed by atoms with Gasteiger partial charge in [-0.05, 0) is 30.7 Å². The van der Waals surface area contributed by atoms with Crippen molar-refractivity contribution >= 4 is 35.0 Å². The summed E-state index contributed by atoms with van der Waals surface area (Å²) in [7, 11) is 0. The molecule has 3 aromatic rings. The minimum absolute atomic E-state index is 0.0530. The van der Waals surface area contributed by atoms with Crippen molar-refractivity contribution in [3.63, 3.8) is 0 Å². The van der Waals surface area contributed by atoms with Crippen molar-refractivity contribution < 1.29 is 4.79 Å². The highest BCUT2D eigenvalue weighted by Gasteiger charge is 2.25. The number of carbonyl (C=O) groups is 1. The number of amides is 1. The third kappa shape index (κ3) is 4.72. The lowest BCUT2D eigenvalue weighted by atomic mass is 10.2. The number of nitrogens with one attached hydrogen (secondary N) is 2. The zero-order valence-electron chi connectivity index (χ0n) is 16.1. The van der Waals surface area contributed by atoms with Crippen LogP contribution in [0.3, 0.4) is 0 Å². The molecular weight excluding hydrogens is 402 g/mol. The maximum absolute atomic E-state index is 11.7. The summed E-state index contributed by atoms with van der Waals surface area (Å²) in [5.41, 5.74) is 2.21. The number of hydrogen-bond donors (Lipinski definition) is 2. The van der Waals surface area contributed by atoms with E-state index in [1.54, 1.807) is 41.8 Å². The van der Waals surface area contributed by atoms with Crippen LogP contribution in [0, 0.1) is 0 Å². The summed E-state index contributed by atoms with van der Waals surface area (Å²) in [6.07, 6.45) is 8.89. The molecule has 2 aromatic heterocycles. The molecule has 1 atom stereocenters. The van der Waals surface area contributed by atoms with Crippen LogP contribution in [0.15, 0.2) is 61.7 Å². The molecule has 1 amide bonds. The summed E-state index contributed by atoms with van der Waals surface area (Å²) >= 11 is 6.00. The van der Waals surface area contributed by atoms with E-state index in [9.17, 15) is 4.79 Å². The molecule has 0 bridgehead atoms. The minimum atomic E-state index is -0.0530. The van der Waals surface area contributed by atoms with Gasteiger partial charge in [-0.1, -0.05) is 24.2 Å². The van der Waals surface area contributed by atoms with Gasteiger partial charge in [-0.3, -0.25) is 9.78 Å². The Labute approximate surface area is 179 Å². The molecule has 9 heteroatoms. The number of likely N-dealkylation sites (tertiary alicyclic amines) is 1. The van der Waals surface area contributed by atoms with Gasteiger partial charge in [-0.25, -0.2) is 15.0 Å².